The van der Waals surface area contributed by atoms with Gasteiger partial charge in [0.15, 0.2) is 0 Å². The summed E-state index contributed by atoms with van der Waals surface area (Å²) < 4.78 is 5.31. The van der Waals surface area contributed by atoms with E-state index < -0.39 is 0 Å². The lowest BCUT2D eigenvalue weighted by Crippen LogP contribution is -2.39. The highest BCUT2D eigenvalue weighted by Crippen LogP contribution is 2.31. The van der Waals surface area contributed by atoms with Crippen molar-refractivity contribution in [2.45, 2.75) is 18.8 Å². The molecule has 2 heterocycles. The first-order valence-electron chi connectivity index (χ1n) is 8.85. The predicted octanol–water partition coefficient (Wildman–Crippen LogP) is 4.85. The van der Waals surface area contributed by atoms with Crippen LogP contribution in [-0.4, -0.2) is 36.0 Å². The molecule has 4 rings (SSSR count). The fourth-order valence-corrected chi connectivity index (χ4v) is 3.80. The van der Waals surface area contributed by atoms with Crippen molar-refractivity contribution < 1.29 is 9.53 Å². The molecule has 5 heteroatoms. The summed E-state index contributed by atoms with van der Waals surface area (Å²) in [4.78, 5) is 18.3. The van der Waals surface area contributed by atoms with Crippen molar-refractivity contribution in [2.75, 3.05) is 20.2 Å². The van der Waals surface area contributed by atoms with Crippen LogP contribution in [0.15, 0.2) is 48.5 Å². The molecule has 0 saturated carbocycles. The third-order valence-corrected chi connectivity index (χ3v) is 5.34. The van der Waals surface area contributed by atoms with Crippen LogP contribution < -0.4 is 4.74 Å². The maximum Gasteiger partial charge on any atom is 0.253 e. The molecule has 1 unspecified atom stereocenters. The van der Waals surface area contributed by atoms with Crippen LogP contribution in [0.2, 0.25) is 5.02 Å². The minimum Gasteiger partial charge on any atom is -0.497 e. The van der Waals surface area contributed by atoms with E-state index in [0.29, 0.717) is 16.5 Å². The van der Waals surface area contributed by atoms with E-state index in [1.807, 2.05) is 23.1 Å². The Labute approximate surface area is 157 Å². The van der Waals surface area contributed by atoms with Gasteiger partial charge in [0.05, 0.1) is 7.11 Å². The van der Waals surface area contributed by atoms with E-state index in [4.69, 9.17) is 16.3 Å². The third-order valence-electron chi connectivity index (χ3n) is 5.09. The number of hydrogen-bond donors (Lipinski definition) is 1. The molecular weight excluding hydrogens is 348 g/mol. The monoisotopic (exact) mass is 368 g/mol. The van der Waals surface area contributed by atoms with Crippen molar-refractivity contribution >= 4 is 28.4 Å². The van der Waals surface area contributed by atoms with Crippen LogP contribution >= 0.6 is 11.6 Å². The van der Waals surface area contributed by atoms with E-state index in [1.54, 1.807) is 31.4 Å². The summed E-state index contributed by atoms with van der Waals surface area (Å²) in [5.74, 6) is 1.24. The topological polar surface area (TPSA) is 45.3 Å². The van der Waals surface area contributed by atoms with Crippen molar-refractivity contribution in [3.05, 3.63) is 64.8 Å². The second-order valence-electron chi connectivity index (χ2n) is 6.78. The second-order valence-corrected chi connectivity index (χ2v) is 7.21. The maximum atomic E-state index is 12.8. The van der Waals surface area contributed by atoms with Crippen LogP contribution in [0.1, 0.15) is 34.8 Å². The zero-order valence-corrected chi connectivity index (χ0v) is 15.4. The van der Waals surface area contributed by atoms with E-state index in [2.05, 4.69) is 11.1 Å². The number of nitrogens with zero attached hydrogens (tertiary/aromatic N) is 1. The number of methoxy groups -OCH3 is 1. The number of carbonyl (C=O) groups is 1. The van der Waals surface area contributed by atoms with E-state index in [0.717, 1.165) is 42.6 Å². The van der Waals surface area contributed by atoms with Gasteiger partial charge in [-0.15, -0.1) is 0 Å². The summed E-state index contributed by atoms with van der Waals surface area (Å²) in [6.07, 6.45) is 2.08. The van der Waals surface area contributed by atoms with Crippen LogP contribution in [-0.2, 0) is 0 Å². The highest BCUT2D eigenvalue weighted by molar-refractivity contribution is 6.30. The Balaban J connectivity index is 1.54. The van der Waals surface area contributed by atoms with Gasteiger partial charge < -0.3 is 14.6 Å². The number of halogens is 1. The van der Waals surface area contributed by atoms with Gasteiger partial charge in [0, 0.05) is 46.2 Å². The first kappa shape index (κ1) is 17.0. The van der Waals surface area contributed by atoms with E-state index >= 15 is 0 Å². The summed E-state index contributed by atoms with van der Waals surface area (Å²) in [7, 11) is 1.68. The molecule has 1 aliphatic heterocycles. The lowest BCUT2D eigenvalue weighted by Gasteiger charge is -2.32. The molecule has 1 aromatic heterocycles. The van der Waals surface area contributed by atoms with Crippen molar-refractivity contribution in [3.8, 4) is 5.75 Å². The van der Waals surface area contributed by atoms with Gasteiger partial charge in [-0.2, -0.15) is 0 Å². The highest BCUT2D eigenvalue weighted by atomic mass is 35.5. The molecule has 0 aliphatic carbocycles. The van der Waals surface area contributed by atoms with Gasteiger partial charge in [-0.3, -0.25) is 4.79 Å². The third kappa shape index (κ3) is 3.29. The number of piperidine rings is 1. The van der Waals surface area contributed by atoms with Crippen LogP contribution in [0.5, 0.6) is 5.75 Å². The minimum absolute atomic E-state index is 0.0733. The largest absolute Gasteiger partial charge is 0.497 e. The molecule has 1 aliphatic rings. The van der Waals surface area contributed by atoms with Gasteiger partial charge in [0.1, 0.15) is 5.75 Å². The van der Waals surface area contributed by atoms with Gasteiger partial charge in [0.25, 0.3) is 5.91 Å². The van der Waals surface area contributed by atoms with Gasteiger partial charge in [-0.1, -0.05) is 11.6 Å². The van der Waals surface area contributed by atoms with Gasteiger partial charge in [0.2, 0.25) is 0 Å². The zero-order valence-electron chi connectivity index (χ0n) is 14.7. The lowest BCUT2D eigenvalue weighted by atomic mass is 9.94. The van der Waals surface area contributed by atoms with Crippen molar-refractivity contribution in [1.82, 2.24) is 9.88 Å². The summed E-state index contributed by atoms with van der Waals surface area (Å²) in [5.41, 5.74) is 2.97. The maximum absolute atomic E-state index is 12.8. The van der Waals surface area contributed by atoms with Crippen LogP contribution in [0, 0.1) is 0 Å². The SMILES string of the molecule is COc1ccc2[nH]c(C3CCCN(C(=O)c4ccc(Cl)cc4)C3)cc2c1. The number of nitrogens with one attached hydrogen (secondary N) is 1. The summed E-state index contributed by atoms with van der Waals surface area (Å²) in [5, 5.41) is 1.78. The van der Waals surface area contributed by atoms with Gasteiger partial charge in [-0.25, -0.2) is 0 Å². The smallest absolute Gasteiger partial charge is 0.253 e. The average molecular weight is 369 g/mol. The molecule has 0 bridgehead atoms. The molecule has 26 heavy (non-hydrogen) atoms. The summed E-state index contributed by atoms with van der Waals surface area (Å²) in [6, 6.07) is 15.3. The standard InChI is InChI=1S/C21H21ClN2O2/c1-26-18-8-9-19-16(11-18)12-20(23-19)15-3-2-10-24(13-15)21(25)14-4-6-17(22)7-5-14/h4-9,11-12,15,23H,2-3,10,13H2,1H3. The van der Waals surface area contributed by atoms with Crippen LogP contribution in [0.4, 0.5) is 0 Å². The van der Waals surface area contributed by atoms with Crippen LogP contribution in [0.3, 0.4) is 0 Å². The quantitative estimate of drug-likeness (QED) is 0.718. The summed E-state index contributed by atoms with van der Waals surface area (Å²) >= 11 is 5.93. The molecule has 2 aromatic carbocycles. The Morgan fingerprint density at radius 3 is 2.77 bits per heavy atom. The Bertz CT molecular complexity index is 933. The minimum atomic E-state index is 0.0733. The first-order valence-corrected chi connectivity index (χ1v) is 9.23. The van der Waals surface area contributed by atoms with Crippen molar-refractivity contribution in [1.29, 1.82) is 0 Å². The number of hydrogen-bond acceptors (Lipinski definition) is 2. The van der Waals surface area contributed by atoms with Gasteiger partial charge >= 0.3 is 0 Å². The number of aromatic nitrogens is 1. The molecule has 1 fully saturated rings. The molecule has 1 saturated heterocycles. The normalized spacial score (nSPS) is 17.5. The number of amides is 1. The number of rotatable bonds is 3. The second kappa shape index (κ2) is 7.04. The number of benzene rings is 2. The number of aromatic amines is 1. The number of fused-ring (bicyclic) bond motifs is 1. The zero-order chi connectivity index (χ0) is 18.1. The molecule has 1 N–H and O–H groups in total. The van der Waals surface area contributed by atoms with Crippen molar-refractivity contribution in [3.63, 3.8) is 0 Å². The summed E-state index contributed by atoms with van der Waals surface area (Å²) in [6.45, 7) is 1.53. The van der Waals surface area contributed by atoms with Crippen LogP contribution in [0.25, 0.3) is 10.9 Å². The molecule has 0 spiro atoms. The molecule has 3 aromatic rings. The first-order chi connectivity index (χ1) is 12.6. The van der Waals surface area contributed by atoms with Crippen molar-refractivity contribution in [2.24, 2.45) is 0 Å². The molecule has 0 radical (unpaired) electrons. The number of H-pyrrole nitrogens is 1. The van der Waals surface area contributed by atoms with E-state index in [9.17, 15) is 4.79 Å². The fourth-order valence-electron chi connectivity index (χ4n) is 3.67. The molecule has 4 nitrogen and oxygen atoms in total. The molecule has 1 atom stereocenters. The number of ether oxygens (including phenoxy) is 1. The fraction of sp³-hybridized carbons (Fsp3) is 0.286. The number of carbonyl (C=O) groups excluding carboxylic acids is 1. The van der Waals surface area contributed by atoms with E-state index in [1.165, 1.54) is 5.69 Å². The van der Waals surface area contributed by atoms with Gasteiger partial charge in [-0.05, 0) is 61.4 Å². The Kier molecular flexibility index (Phi) is 4.60. The molecular formula is C21H21ClN2O2. The predicted molar refractivity (Wildman–Crippen MR) is 104 cm³/mol. The Morgan fingerprint density at radius 2 is 2.00 bits per heavy atom. The average Bonchev–Trinajstić information content (AvgIpc) is 3.11. The Hall–Kier alpha value is -2.46. The number of likely N-dealkylation sites (tertiary alicyclic amines) is 1. The van der Waals surface area contributed by atoms with E-state index in [-0.39, 0.29) is 5.91 Å². The lowest BCUT2D eigenvalue weighted by molar-refractivity contribution is 0.0706. The molecule has 134 valence electrons. The molecule has 1 amide bonds. The highest BCUT2D eigenvalue weighted by Gasteiger charge is 2.26. The Morgan fingerprint density at radius 1 is 1.19 bits per heavy atom.